The number of hydrogen-bond acceptors (Lipinski definition) is 2. The van der Waals surface area contributed by atoms with E-state index in [9.17, 15) is 0 Å². The van der Waals surface area contributed by atoms with Gasteiger partial charge in [-0.1, -0.05) is 31.2 Å². The zero-order valence-electron chi connectivity index (χ0n) is 9.78. The lowest BCUT2D eigenvalue weighted by Crippen LogP contribution is -2.28. The third kappa shape index (κ3) is 2.28. The van der Waals surface area contributed by atoms with E-state index in [1.54, 1.807) is 0 Å². The van der Waals surface area contributed by atoms with Gasteiger partial charge in [-0.2, -0.15) is 0 Å². The normalized spacial score (nSPS) is 30.3. The van der Waals surface area contributed by atoms with Gasteiger partial charge in [0, 0.05) is 5.25 Å². The van der Waals surface area contributed by atoms with E-state index < -0.39 is 0 Å². The van der Waals surface area contributed by atoms with Crippen LogP contribution in [0.3, 0.4) is 0 Å². The molecule has 2 unspecified atom stereocenters. The van der Waals surface area contributed by atoms with E-state index in [0.29, 0.717) is 5.37 Å². The van der Waals surface area contributed by atoms with E-state index in [4.69, 9.17) is 0 Å². The lowest BCUT2D eigenvalue weighted by molar-refractivity contribution is 0.605. The minimum absolute atomic E-state index is 0.511. The molecule has 2 heteroatoms. The molecule has 1 saturated heterocycles. The molecule has 1 aliphatic heterocycles. The highest BCUT2D eigenvalue weighted by molar-refractivity contribution is 8.00. The summed E-state index contributed by atoms with van der Waals surface area (Å²) in [5.74, 6) is 0.875. The van der Waals surface area contributed by atoms with Crippen LogP contribution in [0.2, 0.25) is 0 Å². The summed E-state index contributed by atoms with van der Waals surface area (Å²) in [6.07, 6.45) is 4.08. The molecule has 2 fully saturated rings. The molecule has 0 radical (unpaired) electrons. The van der Waals surface area contributed by atoms with E-state index in [1.165, 1.54) is 30.4 Å². The molecule has 0 amide bonds. The predicted molar refractivity (Wildman–Crippen MR) is 70.8 cm³/mol. The molecule has 1 aromatic carbocycles. The summed E-state index contributed by atoms with van der Waals surface area (Å²) < 4.78 is 0. The van der Waals surface area contributed by atoms with Crippen LogP contribution in [-0.2, 0) is 0 Å². The number of rotatable bonds is 2. The molecule has 0 aromatic heterocycles. The van der Waals surface area contributed by atoms with Crippen molar-refractivity contribution in [3.8, 4) is 0 Å². The Morgan fingerprint density at radius 1 is 1.06 bits per heavy atom. The number of thioether (sulfide) groups is 1. The number of benzene rings is 1. The quantitative estimate of drug-likeness (QED) is 0.836. The van der Waals surface area contributed by atoms with Crippen LogP contribution in [0.25, 0.3) is 0 Å². The second-order valence-corrected chi connectivity index (χ2v) is 6.56. The highest BCUT2D eigenvalue weighted by atomic mass is 32.2. The van der Waals surface area contributed by atoms with Gasteiger partial charge >= 0.3 is 0 Å². The first kappa shape index (κ1) is 10.7. The monoisotopic (exact) mass is 233 g/mol. The summed E-state index contributed by atoms with van der Waals surface area (Å²) in [7, 11) is 0. The molecule has 3 rings (SSSR count). The third-order valence-corrected chi connectivity index (χ3v) is 4.95. The van der Waals surface area contributed by atoms with Crippen LogP contribution in [0.15, 0.2) is 24.3 Å². The maximum atomic E-state index is 3.59. The zero-order valence-corrected chi connectivity index (χ0v) is 10.6. The van der Waals surface area contributed by atoms with Gasteiger partial charge in [0.05, 0.1) is 5.37 Å². The Balaban J connectivity index is 1.72. The van der Waals surface area contributed by atoms with Crippen molar-refractivity contribution in [2.24, 2.45) is 0 Å². The molecule has 1 nitrogen and oxygen atoms in total. The smallest absolute Gasteiger partial charge is 0.0792 e. The topological polar surface area (TPSA) is 12.0 Å². The van der Waals surface area contributed by atoms with E-state index in [-0.39, 0.29) is 0 Å². The van der Waals surface area contributed by atoms with Gasteiger partial charge < -0.3 is 5.32 Å². The van der Waals surface area contributed by atoms with Crippen LogP contribution in [0.5, 0.6) is 0 Å². The second-order valence-electron chi connectivity index (χ2n) is 5.01. The summed E-state index contributed by atoms with van der Waals surface area (Å²) in [6.45, 7) is 3.49. The van der Waals surface area contributed by atoms with Gasteiger partial charge in [-0.25, -0.2) is 0 Å². The molecule has 1 heterocycles. The lowest BCUT2D eigenvalue weighted by Gasteiger charge is -2.28. The van der Waals surface area contributed by atoms with E-state index in [0.717, 1.165) is 17.7 Å². The SMILES string of the molecule is CC1CCNC(c2ccc(C3CC3)cc2)S1. The van der Waals surface area contributed by atoms with Crippen molar-refractivity contribution in [3.63, 3.8) is 0 Å². The van der Waals surface area contributed by atoms with Crippen molar-refractivity contribution in [2.75, 3.05) is 6.54 Å². The van der Waals surface area contributed by atoms with Crippen molar-refractivity contribution in [2.45, 2.75) is 42.7 Å². The van der Waals surface area contributed by atoms with Crippen LogP contribution < -0.4 is 5.32 Å². The first-order valence-corrected chi connectivity index (χ1v) is 7.26. The lowest BCUT2D eigenvalue weighted by atomic mass is 10.1. The Morgan fingerprint density at radius 2 is 1.75 bits per heavy atom. The van der Waals surface area contributed by atoms with E-state index >= 15 is 0 Å². The minimum atomic E-state index is 0.511. The number of hydrogen-bond donors (Lipinski definition) is 1. The Bertz CT molecular complexity index is 356. The van der Waals surface area contributed by atoms with Crippen LogP contribution in [-0.4, -0.2) is 11.8 Å². The van der Waals surface area contributed by atoms with Crippen molar-refractivity contribution in [1.29, 1.82) is 0 Å². The molecular formula is C14H19NS. The van der Waals surface area contributed by atoms with Gasteiger partial charge in [-0.05, 0) is 42.9 Å². The predicted octanol–water partition coefficient (Wildman–Crippen LogP) is 3.68. The maximum absolute atomic E-state index is 3.59. The summed E-state index contributed by atoms with van der Waals surface area (Å²) in [5.41, 5.74) is 2.98. The highest BCUT2D eigenvalue weighted by Gasteiger charge is 2.24. The Hall–Kier alpha value is -0.470. The summed E-state index contributed by atoms with van der Waals surface area (Å²) in [4.78, 5) is 0. The van der Waals surface area contributed by atoms with Gasteiger partial charge in [0.15, 0.2) is 0 Å². The molecule has 1 N–H and O–H groups in total. The fraction of sp³-hybridized carbons (Fsp3) is 0.571. The Morgan fingerprint density at radius 3 is 2.38 bits per heavy atom. The largest absolute Gasteiger partial charge is 0.302 e. The van der Waals surface area contributed by atoms with Crippen molar-refractivity contribution >= 4 is 11.8 Å². The second kappa shape index (κ2) is 4.42. The van der Waals surface area contributed by atoms with E-state index in [2.05, 4.69) is 48.3 Å². The van der Waals surface area contributed by atoms with Crippen LogP contribution in [0.4, 0.5) is 0 Å². The first-order valence-electron chi connectivity index (χ1n) is 6.31. The third-order valence-electron chi connectivity index (χ3n) is 3.54. The van der Waals surface area contributed by atoms with Gasteiger partial charge in [-0.15, -0.1) is 11.8 Å². The average Bonchev–Trinajstić information content (AvgIpc) is 3.13. The molecule has 2 aliphatic rings. The molecular weight excluding hydrogens is 214 g/mol. The van der Waals surface area contributed by atoms with E-state index in [1.807, 2.05) is 0 Å². The fourth-order valence-corrected chi connectivity index (χ4v) is 3.57. The molecule has 0 bridgehead atoms. The van der Waals surface area contributed by atoms with Crippen LogP contribution in [0, 0.1) is 0 Å². The van der Waals surface area contributed by atoms with Crippen LogP contribution in [0.1, 0.15) is 48.6 Å². The molecule has 1 aliphatic carbocycles. The molecule has 86 valence electrons. The summed E-state index contributed by atoms with van der Waals surface area (Å²) in [5, 5.41) is 4.89. The van der Waals surface area contributed by atoms with Crippen LogP contribution >= 0.6 is 11.8 Å². The summed E-state index contributed by atoms with van der Waals surface area (Å²) in [6, 6.07) is 9.29. The van der Waals surface area contributed by atoms with Gasteiger partial charge in [0.1, 0.15) is 0 Å². The molecule has 1 saturated carbocycles. The van der Waals surface area contributed by atoms with Crippen molar-refractivity contribution < 1.29 is 0 Å². The van der Waals surface area contributed by atoms with Crippen molar-refractivity contribution in [3.05, 3.63) is 35.4 Å². The molecule has 0 spiro atoms. The number of nitrogens with one attached hydrogen (secondary N) is 1. The standard InChI is InChI=1S/C14H19NS/c1-10-8-9-15-14(16-10)13-6-4-12(5-7-13)11-2-3-11/h4-7,10-11,14-15H,2-3,8-9H2,1H3. The molecule has 2 atom stereocenters. The minimum Gasteiger partial charge on any atom is -0.302 e. The average molecular weight is 233 g/mol. The maximum Gasteiger partial charge on any atom is 0.0792 e. The van der Waals surface area contributed by atoms with Gasteiger partial charge in [0.2, 0.25) is 0 Å². The molecule has 1 aromatic rings. The summed E-state index contributed by atoms with van der Waals surface area (Å²) >= 11 is 2.06. The Kier molecular flexibility index (Phi) is 2.95. The zero-order chi connectivity index (χ0) is 11.0. The molecule has 16 heavy (non-hydrogen) atoms. The van der Waals surface area contributed by atoms with Gasteiger partial charge in [0.25, 0.3) is 0 Å². The van der Waals surface area contributed by atoms with Crippen molar-refractivity contribution in [1.82, 2.24) is 5.32 Å². The fourth-order valence-electron chi connectivity index (χ4n) is 2.32. The first-order chi connectivity index (χ1) is 7.83. The highest BCUT2D eigenvalue weighted by Crippen LogP contribution is 2.41. The van der Waals surface area contributed by atoms with Gasteiger partial charge in [-0.3, -0.25) is 0 Å². The Labute approximate surface area is 102 Å².